The Balaban J connectivity index is 3.26. The summed E-state index contributed by atoms with van der Waals surface area (Å²) in [5.41, 5.74) is 9.54. The third kappa shape index (κ3) is 1.65. The van der Waals surface area contributed by atoms with Crippen LogP contribution in [0.2, 0.25) is 0 Å². The zero-order valence-electron chi connectivity index (χ0n) is 8.15. The minimum Gasteiger partial charge on any atom is -0.481 e. The fourth-order valence-corrected chi connectivity index (χ4v) is 1.44. The molecule has 0 spiro atoms. The second-order valence-corrected chi connectivity index (χ2v) is 3.66. The Morgan fingerprint density at radius 1 is 1.40 bits per heavy atom. The highest BCUT2D eigenvalue weighted by atomic mass is 16.4. The molecule has 82 valence electrons. The number of rotatable bonds is 2. The molecule has 6 heteroatoms. The molecule has 0 aliphatic heterocycles. The lowest BCUT2D eigenvalue weighted by Crippen LogP contribution is -2.39. The highest BCUT2D eigenvalue weighted by molar-refractivity contribution is 5.91. The number of carboxylic acids is 2. The molecular weight excluding hydrogens is 200 g/mol. The maximum absolute atomic E-state index is 11.0. The molecule has 0 aromatic heterocycles. The van der Waals surface area contributed by atoms with E-state index >= 15 is 0 Å². The topological polar surface area (TPSA) is 127 Å². The van der Waals surface area contributed by atoms with Crippen LogP contribution in [0.4, 0.5) is 0 Å². The van der Waals surface area contributed by atoms with Gasteiger partial charge in [0.15, 0.2) is 0 Å². The van der Waals surface area contributed by atoms with Gasteiger partial charge < -0.3 is 21.7 Å². The van der Waals surface area contributed by atoms with E-state index in [2.05, 4.69) is 0 Å². The molecule has 0 saturated carbocycles. The van der Waals surface area contributed by atoms with Crippen molar-refractivity contribution in [3.05, 3.63) is 23.0 Å². The van der Waals surface area contributed by atoms with Crippen LogP contribution in [-0.4, -0.2) is 22.2 Å². The number of hydrogen-bond donors (Lipinski definition) is 4. The first-order chi connectivity index (χ1) is 6.79. The van der Waals surface area contributed by atoms with Crippen LogP contribution in [0.25, 0.3) is 0 Å². The lowest BCUT2D eigenvalue weighted by Gasteiger charge is -2.29. The molecule has 6 N–H and O–H groups in total. The van der Waals surface area contributed by atoms with E-state index in [4.69, 9.17) is 21.7 Å². The molecule has 15 heavy (non-hydrogen) atoms. The number of carboxylic acid groups (broad SMARTS) is 2. The van der Waals surface area contributed by atoms with Crippen LogP contribution >= 0.6 is 0 Å². The zero-order chi connectivity index (χ0) is 11.8. The minimum absolute atomic E-state index is 0.000000000000000222. The van der Waals surface area contributed by atoms with Crippen molar-refractivity contribution in [2.24, 2.45) is 16.9 Å². The molecule has 1 atom stereocenters. The van der Waals surface area contributed by atoms with E-state index in [0.717, 1.165) is 0 Å². The molecule has 1 aliphatic rings. The van der Waals surface area contributed by atoms with Gasteiger partial charge in [-0.25, -0.2) is 4.79 Å². The summed E-state index contributed by atoms with van der Waals surface area (Å²) in [7, 11) is 0. The second-order valence-electron chi connectivity index (χ2n) is 3.66. The van der Waals surface area contributed by atoms with E-state index in [-0.39, 0.29) is 23.4 Å². The Bertz CT molecular complexity index is 397. The number of aliphatic carboxylic acids is 2. The van der Waals surface area contributed by atoms with Crippen molar-refractivity contribution in [2.45, 2.75) is 13.3 Å². The van der Waals surface area contributed by atoms with E-state index in [1.54, 1.807) is 0 Å². The van der Waals surface area contributed by atoms with Crippen molar-refractivity contribution in [1.82, 2.24) is 0 Å². The van der Waals surface area contributed by atoms with Gasteiger partial charge in [0, 0.05) is 17.7 Å². The largest absolute Gasteiger partial charge is 0.481 e. The average Bonchev–Trinajstić information content (AvgIpc) is 2.12. The maximum Gasteiger partial charge on any atom is 0.331 e. The van der Waals surface area contributed by atoms with Crippen LogP contribution in [0, 0.1) is 5.41 Å². The summed E-state index contributed by atoms with van der Waals surface area (Å²) in [6.45, 7) is 1.35. The third-order valence-corrected chi connectivity index (χ3v) is 2.53. The lowest BCUT2D eigenvalue weighted by atomic mass is 9.76. The molecule has 0 fully saturated rings. The van der Waals surface area contributed by atoms with Gasteiger partial charge in [-0.2, -0.15) is 0 Å². The molecule has 0 aromatic carbocycles. The number of nitrogens with two attached hydrogens (primary N) is 2. The van der Waals surface area contributed by atoms with Crippen LogP contribution in [0.5, 0.6) is 0 Å². The van der Waals surface area contributed by atoms with Crippen LogP contribution < -0.4 is 11.5 Å². The molecule has 1 rings (SSSR count). The second kappa shape index (κ2) is 3.30. The average molecular weight is 212 g/mol. The smallest absolute Gasteiger partial charge is 0.331 e. The van der Waals surface area contributed by atoms with Crippen LogP contribution in [0.1, 0.15) is 13.3 Å². The predicted molar refractivity (Wildman–Crippen MR) is 51.5 cm³/mol. The van der Waals surface area contributed by atoms with Crippen LogP contribution in [0.3, 0.4) is 0 Å². The molecule has 0 aromatic rings. The molecule has 1 aliphatic carbocycles. The number of hydrogen-bond acceptors (Lipinski definition) is 4. The van der Waals surface area contributed by atoms with E-state index in [9.17, 15) is 9.59 Å². The number of carbonyl (C=O) groups is 2. The summed E-state index contributed by atoms with van der Waals surface area (Å²) in [6.07, 6.45) is 1.03. The fourth-order valence-electron chi connectivity index (χ4n) is 1.44. The highest BCUT2D eigenvalue weighted by Gasteiger charge is 2.41. The van der Waals surface area contributed by atoms with Crippen molar-refractivity contribution in [3.8, 4) is 0 Å². The summed E-state index contributed by atoms with van der Waals surface area (Å²) in [5.74, 6) is -2.37. The Morgan fingerprint density at radius 2 is 1.93 bits per heavy atom. The Morgan fingerprint density at radius 3 is 2.33 bits per heavy atom. The Labute approximate surface area is 85.9 Å². The quantitative estimate of drug-likeness (QED) is 0.494. The van der Waals surface area contributed by atoms with Gasteiger partial charge in [-0.05, 0) is 13.0 Å². The molecule has 6 nitrogen and oxygen atoms in total. The maximum atomic E-state index is 11.0. The molecule has 1 unspecified atom stereocenters. The predicted octanol–water partition coefficient (Wildman–Crippen LogP) is -0.379. The molecule has 0 radical (unpaired) electrons. The molecule has 0 amide bonds. The molecule has 0 heterocycles. The molecule has 0 bridgehead atoms. The lowest BCUT2D eigenvalue weighted by molar-refractivity contribution is -0.146. The highest BCUT2D eigenvalue weighted by Crippen LogP contribution is 2.36. The zero-order valence-corrected chi connectivity index (χ0v) is 8.15. The van der Waals surface area contributed by atoms with E-state index in [0.29, 0.717) is 0 Å². The summed E-state index contributed by atoms with van der Waals surface area (Å²) in [4.78, 5) is 21.7. The fraction of sp³-hybridized carbons (Fsp3) is 0.333. The monoisotopic (exact) mass is 212 g/mol. The van der Waals surface area contributed by atoms with Gasteiger partial charge in [0.1, 0.15) is 5.41 Å². The Kier molecular flexibility index (Phi) is 2.44. The SMILES string of the molecule is CC1(C(=O)O)CC(C(=O)O)=CC(N)=C1N. The van der Waals surface area contributed by atoms with Gasteiger partial charge in [-0.1, -0.05) is 0 Å². The van der Waals surface area contributed by atoms with Gasteiger partial charge in [0.2, 0.25) is 0 Å². The van der Waals surface area contributed by atoms with E-state index < -0.39 is 17.4 Å². The first-order valence-electron chi connectivity index (χ1n) is 4.22. The normalized spacial score (nSPS) is 26.1. The van der Waals surface area contributed by atoms with E-state index in [1.165, 1.54) is 13.0 Å². The summed E-state index contributed by atoms with van der Waals surface area (Å²) in [5, 5.41) is 17.8. The van der Waals surface area contributed by atoms with Crippen molar-refractivity contribution in [3.63, 3.8) is 0 Å². The van der Waals surface area contributed by atoms with Crippen LogP contribution in [-0.2, 0) is 9.59 Å². The van der Waals surface area contributed by atoms with Gasteiger partial charge >= 0.3 is 11.9 Å². The van der Waals surface area contributed by atoms with Gasteiger partial charge in [-0.3, -0.25) is 4.79 Å². The van der Waals surface area contributed by atoms with Crippen molar-refractivity contribution >= 4 is 11.9 Å². The van der Waals surface area contributed by atoms with Crippen molar-refractivity contribution in [1.29, 1.82) is 0 Å². The van der Waals surface area contributed by atoms with Gasteiger partial charge in [-0.15, -0.1) is 0 Å². The van der Waals surface area contributed by atoms with Crippen LogP contribution in [0.15, 0.2) is 23.0 Å². The van der Waals surface area contributed by atoms with Crippen molar-refractivity contribution in [2.75, 3.05) is 0 Å². The third-order valence-electron chi connectivity index (χ3n) is 2.53. The minimum atomic E-state index is -1.44. The Hall–Kier alpha value is -1.98. The van der Waals surface area contributed by atoms with E-state index in [1.807, 2.05) is 0 Å². The summed E-state index contributed by atoms with van der Waals surface area (Å²) >= 11 is 0. The first-order valence-corrected chi connectivity index (χ1v) is 4.22. The van der Waals surface area contributed by atoms with Gasteiger partial charge in [0.05, 0.1) is 5.70 Å². The van der Waals surface area contributed by atoms with Crippen molar-refractivity contribution < 1.29 is 19.8 Å². The standard InChI is InChI=1S/C9H12N2O4/c1-9(8(14)15)3-4(7(12)13)2-5(10)6(9)11/h2H,3,10-11H2,1H3,(H,12,13)(H,14,15). The first kappa shape index (κ1) is 11.1. The summed E-state index contributed by atoms with van der Waals surface area (Å²) in [6, 6.07) is 0. The molecular formula is C9H12N2O4. The van der Waals surface area contributed by atoms with Gasteiger partial charge in [0.25, 0.3) is 0 Å². The number of allylic oxidation sites excluding steroid dienone is 1. The molecule has 0 saturated heterocycles. The summed E-state index contributed by atoms with van der Waals surface area (Å²) < 4.78 is 0.